The van der Waals surface area contributed by atoms with E-state index in [1.807, 2.05) is 48.5 Å². The number of nitrogens with zero attached hydrogens (tertiary/aromatic N) is 3. The maximum atomic E-state index is 5.91. The summed E-state index contributed by atoms with van der Waals surface area (Å²) < 4.78 is 5.91. The first kappa shape index (κ1) is 20.6. The van der Waals surface area contributed by atoms with Gasteiger partial charge in [-0.25, -0.2) is 9.97 Å². The fourth-order valence-corrected chi connectivity index (χ4v) is 2.81. The lowest BCUT2D eigenvalue weighted by Crippen LogP contribution is -2.38. The molecule has 2 aromatic heterocycles. The lowest BCUT2D eigenvalue weighted by molar-refractivity contribution is 0.290. The Labute approximate surface area is 176 Å². The molecule has 0 atom stereocenters. The van der Waals surface area contributed by atoms with Crippen molar-refractivity contribution in [1.29, 1.82) is 0 Å². The van der Waals surface area contributed by atoms with Crippen molar-refractivity contribution in [2.24, 2.45) is 4.99 Å². The third-order valence-corrected chi connectivity index (χ3v) is 4.46. The molecule has 3 aromatic rings. The van der Waals surface area contributed by atoms with Crippen LogP contribution in [0.15, 0.2) is 72.0 Å². The smallest absolute Gasteiger partial charge is 0.218 e. The first-order valence-electron chi connectivity index (χ1n) is 9.40. The molecule has 0 saturated carbocycles. The molecule has 7 heteroatoms. The van der Waals surface area contributed by atoms with Crippen LogP contribution in [0.5, 0.6) is 5.88 Å². The van der Waals surface area contributed by atoms with E-state index >= 15 is 0 Å². The molecule has 0 radical (unpaired) electrons. The van der Waals surface area contributed by atoms with Crippen LogP contribution < -0.4 is 15.4 Å². The minimum atomic E-state index is 0.479. The molecule has 0 bridgehead atoms. The number of aliphatic imine (C=N–C) groups is 1. The molecule has 0 spiro atoms. The average molecular weight is 410 g/mol. The number of benzene rings is 1. The predicted octanol–water partition coefficient (Wildman–Crippen LogP) is 3.62. The molecule has 2 heterocycles. The van der Waals surface area contributed by atoms with E-state index in [4.69, 9.17) is 16.3 Å². The lowest BCUT2D eigenvalue weighted by atomic mass is 10.2. The van der Waals surface area contributed by atoms with Crippen molar-refractivity contribution in [3.63, 3.8) is 0 Å². The van der Waals surface area contributed by atoms with Crippen molar-refractivity contribution < 1.29 is 4.74 Å². The highest BCUT2D eigenvalue weighted by Gasteiger charge is 2.07. The highest BCUT2D eigenvalue weighted by Crippen LogP contribution is 2.16. The number of nitrogens with one attached hydrogen (secondary N) is 2. The predicted molar refractivity (Wildman–Crippen MR) is 116 cm³/mol. The van der Waals surface area contributed by atoms with Gasteiger partial charge in [0.15, 0.2) is 5.96 Å². The summed E-state index contributed by atoms with van der Waals surface area (Å²) in [5.41, 5.74) is 3.18. The number of guanidine groups is 1. The monoisotopic (exact) mass is 409 g/mol. The van der Waals surface area contributed by atoms with Crippen molar-refractivity contribution in [1.82, 2.24) is 20.6 Å². The summed E-state index contributed by atoms with van der Waals surface area (Å²) in [4.78, 5) is 12.7. The average Bonchev–Trinajstić information content (AvgIpc) is 2.77. The van der Waals surface area contributed by atoms with Gasteiger partial charge < -0.3 is 15.4 Å². The second kappa shape index (κ2) is 11.0. The van der Waals surface area contributed by atoms with Crippen molar-refractivity contribution >= 4 is 17.6 Å². The van der Waals surface area contributed by atoms with Gasteiger partial charge in [-0.05, 0) is 29.7 Å². The first-order valence-corrected chi connectivity index (χ1v) is 9.78. The van der Waals surface area contributed by atoms with Crippen molar-refractivity contribution in [3.05, 3.63) is 88.8 Å². The quantitative estimate of drug-likeness (QED) is 0.338. The maximum absolute atomic E-state index is 5.91. The highest BCUT2D eigenvalue weighted by atomic mass is 35.5. The normalized spacial score (nSPS) is 11.2. The van der Waals surface area contributed by atoms with Crippen LogP contribution in [0.1, 0.15) is 16.7 Å². The summed E-state index contributed by atoms with van der Waals surface area (Å²) in [6.07, 6.45) is 4.34. The number of hydrogen-bond acceptors (Lipinski definition) is 4. The summed E-state index contributed by atoms with van der Waals surface area (Å²) >= 11 is 5.82. The van der Waals surface area contributed by atoms with E-state index in [1.54, 1.807) is 25.5 Å². The largest absolute Gasteiger partial charge is 0.473 e. The molecule has 0 amide bonds. The van der Waals surface area contributed by atoms with Gasteiger partial charge in [-0.15, -0.1) is 0 Å². The van der Waals surface area contributed by atoms with Crippen molar-refractivity contribution in [3.8, 4) is 5.88 Å². The van der Waals surface area contributed by atoms with E-state index in [0.717, 1.165) is 29.7 Å². The van der Waals surface area contributed by atoms with E-state index in [2.05, 4.69) is 25.6 Å². The Bertz CT molecular complexity index is 916. The lowest BCUT2D eigenvalue weighted by Gasteiger charge is -2.14. The van der Waals surface area contributed by atoms with Crippen LogP contribution in [0.25, 0.3) is 0 Å². The number of hydrogen-bond donors (Lipinski definition) is 2. The molecule has 6 nitrogen and oxygen atoms in total. The van der Waals surface area contributed by atoms with E-state index in [9.17, 15) is 0 Å². The van der Waals surface area contributed by atoms with Crippen molar-refractivity contribution in [2.75, 3.05) is 13.6 Å². The second-order valence-electron chi connectivity index (χ2n) is 6.33. The Morgan fingerprint density at radius 2 is 1.86 bits per heavy atom. The Hall–Kier alpha value is -3.12. The van der Waals surface area contributed by atoms with E-state index in [1.165, 1.54) is 0 Å². The Balaban J connectivity index is 1.49. The minimum Gasteiger partial charge on any atom is -0.473 e. The van der Waals surface area contributed by atoms with Crippen LogP contribution in [0, 0.1) is 0 Å². The summed E-state index contributed by atoms with van der Waals surface area (Å²) in [6, 6.07) is 17.7. The Kier molecular flexibility index (Phi) is 7.83. The fraction of sp³-hybridized carbons (Fsp3) is 0.227. The summed E-state index contributed by atoms with van der Waals surface area (Å²) in [5, 5.41) is 7.10. The topological polar surface area (TPSA) is 71.4 Å². The summed E-state index contributed by atoms with van der Waals surface area (Å²) in [7, 11) is 1.75. The highest BCUT2D eigenvalue weighted by molar-refractivity contribution is 6.29. The van der Waals surface area contributed by atoms with E-state index < -0.39 is 0 Å². The van der Waals surface area contributed by atoms with E-state index in [-0.39, 0.29) is 0 Å². The summed E-state index contributed by atoms with van der Waals surface area (Å²) in [6.45, 7) is 1.76. The van der Waals surface area contributed by atoms with Crippen LogP contribution in [0.2, 0.25) is 5.15 Å². The van der Waals surface area contributed by atoms with Gasteiger partial charge in [0.05, 0.1) is 0 Å². The van der Waals surface area contributed by atoms with Crippen LogP contribution in [-0.4, -0.2) is 29.5 Å². The SMILES string of the molecule is CN=C(NCCc1ccc(Cl)nc1)NCc1cccnc1OCc1ccccc1. The number of halogens is 1. The third-order valence-electron chi connectivity index (χ3n) is 4.23. The molecule has 0 aliphatic carbocycles. The molecule has 0 unspecified atom stereocenters. The zero-order valence-electron chi connectivity index (χ0n) is 16.3. The van der Waals surface area contributed by atoms with Gasteiger partial charge in [0.2, 0.25) is 5.88 Å². The number of pyridine rings is 2. The molecule has 0 fully saturated rings. The molecule has 29 heavy (non-hydrogen) atoms. The minimum absolute atomic E-state index is 0.479. The van der Waals surface area contributed by atoms with Gasteiger partial charge in [0.25, 0.3) is 0 Å². The molecule has 0 aliphatic heterocycles. The van der Waals surface area contributed by atoms with Gasteiger partial charge >= 0.3 is 0 Å². The standard InChI is InChI=1S/C22H24ClN5O/c1-24-22(26-13-11-17-9-10-20(23)27-14-17)28-15-19-8-5-12-25-21(19)29-16-18-6-3-2-4-7-18/h2-10,12,14H,11,13,15-16H2,1H3,(H2,24,26,28). The maximum Gasteiger partial charge on any atom is 0.218 e. The van der Waals surface area contributed by atoms with Gasteiger partial charge in [0, 0.05) is 38.1 Å². The van der Waals surface area contributed by atoms with Crippen LogP contribution in [0.4, 0.5) is 0 Å². The number of rotatable bonds is 8. The van der Waals surface area contributed by atoms with E-state index in [0.29, 0.717) is 30.1 Å². The van der Waals surface area contributed by atoms with Crippen LogP contribution in [0.3, 0.4) is 0 Å². The van der Waals surface area contributed by atoms with Gasteiger partial charge in [-0.1, -0.05) is 54.1 Å². The Morgan fingerprint density at radius 1 is 1.00 bits per heavy atom. The van der Waals surface area contributed by atoms with Crippen LogP contribution >= 0.6 is 11.6 Å². The first-order chi connectivity index (χ1) is 14.2. The van der Waals surface area contributed by atoms with Crippen molar-refractivity contribution in [2.45, 2.75) is 19.6 Å². The molecule has 0 saturated heterocycles. The molecular weight excluding hydrogens is 386 g/mol. The number of ether oxygens (including phenoxy) is 1. The third kappa shape index (κ3) is 6.76. The zero-order chi connectivity index (χ0) is 20.3. The van der Waals surface area contributed by atoms with Gasteiger partial charge in [-0.3, -0.25) is 4.99 Å². The Morgan fingerprint density at radius 3 is 2.62 bits per heavy atom. The molecule has 2 N–H and O–H groups in total. The molecule has 3 rings (SSSR count). The van der Waals surface area contributed by atoms with Gasteiger partial charge in [-0.2, -0.15) is 0 Å². The summed E-state index contributed by atoms with van der Waals surface area (Å²) in [5.74, 6) is 1.33. The second-order valence-corrected chi connectivity index (χ2v) is 6.72. The zero-order valence-corrected chi connectivity index (χ0v) is 17.1. The molecule has 150 valence electrons. The molecule has 0 aliphatic rings. The number of aromatic nitrogens is 2. The fourth-order valence-electron chi connectivity index (χ4n) is 2.69. The molecular formula is C22H24ClN5O. The van der Waals surface area contributed by atoms with Gasteiger partial charge in [0.1, 0.15) is 11.8 Å². The molecule has 1 aromatic carbocycles. The van der Waals surface area contributed by atoms with Crippen LogP contribution in [-0.2, 0) is 19.6 Å².